The Hall–Kier alpha value is -1.71. The predicted molar refractivity (Wildman–Crippen MR) is 81.4 cm³/mol. The van der Waals surface area contributed by atoms with E-state index in [2.05, 4.69) is 13.8 Å². The van der Waals surface area contributed by atoms with Gasteiger partial charge in [0, 0.05) is 6.54 Å². The summed E-state index contributed by atoms with van der Waals surface area (Å²) in [4.78, 5) is 13.7. The van der Waals surface area contributed by atoms with Gasteiger partial charge in [-0.25, -0.2) is 4.79 Å². The van der Waals surface area contributed by atoms with E-state index in [1.165, 1.54) is 0 Å². The van der Waals surface area contributed by atoms with Crippen molar-refractivity contribution in [2.45, 2.75) is 46.5 Å². The summed E-state index contributed by atoms with van der Waals surface area (Å²) in [5.74, 6) is 0.139. The average molecular weight is 279 g/mol. The fraction of sp³-hybridized carbons (Fsp3) is 0.562. The lowest BCUT2D eigenvalue weighted by atomic mass is 10.1. The second-order valence-electron chi connectivity index (χ2n) is 4.74. The van der Waals surface area contributed by atoms with Gasteiger partial charge in [-0.3, -0.25) is 4.90 Å². The predicted octanol–water partition coefficient (Wildman–Crippen LogP) is 4.11. The molecule has 0 aliphatic heterocycles. The summed E-state index contributed by atoms with van der Waals surface area (Å²) in [5.41, 5.74) is 1.58. The number of benzene rings is 1. The summed E-state index contributed by atoms with van der Waals surface area (Å²) in [5, 5.41) is 10.2. The van der Waals surface area contributed by atoms with Crippen molar-refractivity contribution in [2.75, 3.05) is 18.1 Å². The first-order valence-electron chi connectivity index (χ1n) is 7.40. The Balaban J connectivity index is 3.14. The van der Waals surface area contributed by atoms with Gasteiger partial charge >= 0.3 is 6.09 Å². The molecule has 0 aliphatic carbocycles. The van der Waals surface area contributed by atoms with Gasteiger partial charge in [0.1, 0.15) is 5.75 Å². The molecule has 0 heterocycles. The third kappa shape index (κ3) is 4.15. The molecule has 1 amide bonds. The molecule has 4 heteroatoms. The van der Waals surface area contributed by atoms with Crippen molar-refractivity contribution < 1.29 is 14.6 Å². The number of unbranched alkanes of at least 4 members (excludes halogenated alkanes) is 1. The zero-order valence-corrected chi connectivity index (χ0v) is 12.7. The Bertz CT molecular complexity index is 432. The van der Waals surface area contributed by atoms with Crippen molar-refractivity contribution in [3.63, 3.8) is 0 Å². The highest BCUT2D eigenvalue weighted by atomic mass is 16.6. The number of aryl methyl sites for hydroxylation is 1. The first kappa shape index (κ1) is 16.3. The molecule has 0 saturated heterocycles. The lowest BCUT2D eigenvalue weighted by Crippen LogP contribution is -2.33. The zero-order chi connectivity index (χ0) is 15.0. The van der Waals surface area contributed by atoms with E-state index in [9.17, 15) is 9.90 Å². The van der Waals surface area contributed by atoms with E-state index < -0.39 is 0 Å². The Morgan fingerprint density at radius 2 is 2.00 bits per heavy atom. The second kappa shape index (κ2) is 8.46. The molecule has 0 spiro atoms. The van der Waals surface area contributed by atoms with Gasteiger partial charge in [-0.05, 0) is 31.4 Å². The number of aromatic hydroxyl groups is 1. The van der Waals surface area contributed by atoms with Crippen LogP contribution in [0.25, 0.3) is 0 Å². The van der Waals surface area contributed by atoms with E-state index in [1.807, 2.05) is 12.1 Å². The third-order valence-electron chi connectivity index (χ3n) is 3.11. The first-order valence-corrected chi connectivity index (χ1v) is 7.40. The molecule has 1 aromatic carbocycles. The number of ether oxygens (including phenoxy) is 1. The third-order valence-corrected chi connectivity index (χ3v) is 3.11. The molecule has 0 aromatic heterocycles. The minimum atomic E-state index is -0.389. The van der Waals surface area contributed by atoms with Crippen molar-refractivity contribution in [1.29, 1.82) is 0 Å². The maximum atomic E-state index is 12.2. The first-order chi connectivity index (χ1) is 9.65. The van der Waals surface area contributed by atoms with E-state index in [4.69, 9.17) is 4.74 Å². The van der Waals surface area contributed by atoms with Crippen molar-refractivity contribution in [2.24, 2.45) is 0 Å². The lowest BCUT2D eigenvalue weighted by Gasteiger charge is -2.25. The highest BCUT2D eigenvalue weighted by molar-refractivity contribution is 5.90. The van der Waals surface area contributed by atoms with E-state index in [0.29, 0.717) is 18.8 Å². The molecule has 112 valence electrons. The van der Waals surface area contributed by atoms with Gasteiger partial charge in [0.15, 0.2) is 0 Å². The maximum Gasteiger partial charge on any atom is 0.414 e. The SMILES string of the molecule is CCCCN(C(=O)OCC)c1c(O)cccc1CCC. The molecule has 0 radical (unpaired) electrons. The number of carbonyl (C=O) groups is 1. The summed E-state index contributed by atoms with van der Waals surface area (Å²) in [6, 6.07) is 5.39. The van der Waals surface area contributed by atoms with Crippen LogP contribution in [0.2, 0.25) is 0 Å². The number of hydrogen-bond acceptors (Lipinski definition) is 3. The quantitative estimate of drug-likeness (QED) is 0.817. The molecule has 4 nitrogen and oxygen atoms in total. The summed E-state index contributed by atoms with van der Waals surface area (Å²) in [6.07, 6.45) is 3.25. The molecule has 0 aliphatic rings. The van der Waals surface area contributed by atoms with Gasteiger partial charge in [0.25, 0.3) is 0 Å². The van der Waals surface area contributed by atoms with E-state index in [-0.39, 0.29) is 11.8 Å². The molecule has 1 N–H and O–H groups in total. The van der Waals surface area contributed by atoms with Crippen LogP contribution < -0.4 is 4.90 Å². The van der Waals surface area contributed by atoms with Gasteiger partial charge in [0.2, 0.25) is 0 Å². The summed E-state index contributed by atoms with van der Waals surface area (Å²) >= 11 is 0. The Morgan fingerprint density at radius 1 is 1.25 bits per heavy atom. The highest BCUT2D eigenvalue weighted by Gasteiger charge is 2.22. The van der Waals surface area contributed by atoms with Crippen LogP contribution in [0.4, 0.5) is 10.5 Å². The van der Waals surface area contributed by atoms with Crippen LogP contribution in [-0.4, -0.2) is 24.4 Å². The monoisotopic (exact) mass is 279 g/mol. The normalized spacial score (nSPS) is 10.3. The number of phenolic OH excluding ortho intramolecular Hbond substituents is 1. The van der Waals surface area contributed by atoms with Crippen molar-refractivity contribution >= 4 is 11.8 Å². The van der Waals surface area contributed by atoms with Crippen molar-refractivity contribution in [3.05, 3.63) is 23.8 Å². The number of phenols is 1. The largest absolute Gasteiger partial charge is 0.506 e. The van der Waals surface area contributed by atoms with Crippen LogP contribution >= 0.6 is 0 Å². The smallest absolute Gasteiger partial charge is 0.414 e. The number of para-hydroxylation sites is 1. The number of anilines is 1. The summed E-state index contributed by atoms with van der Waals surface area (Å²) in [7, 11) is 0. The fourth-order valence-corrected chi connectivity index (χ4v) is 2.17. The number of hydrogen-bond donors (Lipinski definition) is 1. The van der Waals surface area contributed by atoms with Crippen molar-refractivity contribution in [3.8, 4) is 5.75 Å². The molecular weight excluding hydrogens is 254 g/mol. The van der Waals surface area contributed by atoms with E-state index >= 15 is 0 Å². The number of carbonyl (C=O) groups excluding carboxylic acids is 1. The Morgan fingerprint density at radius 3 is 2.60 bits per heavy atom. The zero-order valence-electron chi connectivity index (χ0n) is 12.7. The Kier molecular flexibility index (Phi) is 6.91. The molecule has 0 bridgehead atoms. The number of amides is 1. The van der Waals surface area contributed by atoms with Crippen LogP contribution in [0.15, 0.2) is 18.2 Å². The van der Waals surface area contributed by atoms with Gasteiger partial charge in [-0.2, -0.15) is 0 Å². The summed E-state index contributed by atoms with van der Waals surface area (Å²) < 4.78 is 5.12. The molecular formula is C16H25NO3. The molecule has 0 atom stereocenters. The summed E-state index contributed by atoms with van der Waals surface area (Å²) in [6.45, 7) is 6.82. The van der Waals surface area contributed by atoms with E-state index in [1.54, 1.807) is 17.9 Å². The van der Waals surface area contributed by atoms with Crippen LogP contribution in [0.1, 0.15) is 45.6 Å². The standard InChI is InChI=1S/C16H25NO3/c1-4-7-12-17(16(19)20-6-3)15-13(9-5-2)10-8-11-14(15)18/h8,10-11,18H,4-7,9,12H2,1-3H3. The van der Waals surface area contributed by atoms with Gasteiger partial charge < -0.3 is 9.84 Å². The minimum absolute atomic E-state index is 0.139. The van der Waals surface area contributed by atoms with Gasteiger partial charge in [-0.15, -0.1) is 0 Å². The molecule has 1 aromatic rings. The molecule has 0 saturated carbocycles. The fourth-order valence-electron chi connectivity index (χ4n) is 2.17. The van der Waals surface area contributed by atoms with Crippen LogP contribution in [0.5, 0.6) is 5.75 Å². The molecule has 0 fully saturated rings. The van der Waals surface area contributed by atoms with Gasteiger partial charge in [0.05, 0.1) is 12.3 Å². The van der Waals surface area contributed by atoms with Crippen LogP contribution in [-0.2, 0) is 11.2 Å². The van der Waals surface area contributed by atoms with Crippen molar-refractivity contribution in [1.82, 2.24) is 0 Å². The van der Waals surface area contributed by atoms with Crippen LogP contribution in [0.3, 0.4) is 0 Å². The average Bonchev–Trinajstić information content (AvgIpc) is 2.42. The number of rotatable bonds is 7. The number of nitrogens with zero attached hydrogens (tertiary/aromatic N) is 1. The Labute approximate surface area is 121 Å². The van der Waals surface area contributed by atoms with E-state index in [0.717, 1.165) is 31.2 Å². The maximum absolute atomic E-state index is 12.2. The second-order valence-corrected chi connectivity index (χ2v) is 4.74. The topological polar surface area (TPSA) is 49.8 Å². The van der Waals surface area contributed by atoms with Crippen LogP contribution in [0, 0.1) is 0 Å². The lowest BCUT2D eigenvalue weighted by molar-refractivity contribution is 0.159. The molecule has 0 unspecified atom stereocenters. The minimum Gasteiger partial charge on any atom is -0.506 e. The molecule has 1 rings (SSSR count). The molecule has 20 heavy (non-hydrogen) atoms. The van der Waals surface area contributed by atoms with Gasteiger partial charge in [-0.1, -0.05) is 38.8 Å². The highest BCUT2D eigenvalue weighted by Crippen LogP contribution is 2.33.